The highest BCUT2D eigenvalue weighted by Crippen LogP contribution is 2.29. The lowest BCUT2D eigenvalue weighted by Crippen LogP contribution is -2.41. The molecule has 2 aromatic carbocycles. The Hall–Kier alpha value is -3.59. The van der Waals surface area contributed by atoms with Crippen molar-refractivity contribution in [1.82, 2.24) is 19.7 Å². The van der Waals surface area contributed by atoms with Crippen LogP contribution in [0.2, 0.25) is 0 Å². The molecular formula is C25H25N5O3S. The number of amides is 2. The highest BCUT2D eigenvalue weighted by atomic mass is 32.2. The summed E-state index contributed by atoms with van der Waals surface area (Å²) in [6.07, 6.45) is 5.09. The zero-order chi connectivity index (χ0) is 23.3. The summed E-state index contributed by atoms with van der Waals surface area (Å²) >= 11 is 1.47. The van der Waals surface area contributed by atoms with Gasteiger partial charge in [0.15, 0.2) is 11.5 Å². The summed E-state index contributed by atoms with van der Waals surface area (Å²) in [6.45, 7) is 1.40. The number of oxazole rings is 1. The average Bonchev–Trinajstić information content (AvgIpc) is 3.50. The van der Waals surface area contributed by atoms with Crippen LogP contribution >= 0.6 is 11.8 Å². The molecule has 1 N–H and O–H groups in total. The molecule has 1 fully saturated rings. The van der Waals surface area contributed by atoms with E-state index in [1.54, 1.807) is 17.1 Å². The van der Waals surface area contributed by atoms with Gasteiger partial charge in [0.1, 0.15) is 12.1 Å². The third-order valence-electron chi connectivity index (χ3n) is 5.76. The molecule has 0 spiro atoms. The molecule has 5 rings (SSSR count). The van der Waals surface area contributed by atoms with Crippen LogP contribution in [0.25, 0.3) is 11.1 Å². The van der Waals surface area contributed by atoms with Crippen molar-refractivity contribution in [1.29, 1.82) is 0 Å². The number of para-hydroxylation sites is 2. The van der Waals surface area contributed by atoms with Crippen LogP contribution in [0.3, 0.4) is 0 Å². The van der Waals surface area contributed by atoms with E-state index in [1.807, 2.05) is 59.5 Å². The van der Waals surface area contributed by atoms with E-state index in [2.05, 4.69) is 15.4 Å². The predicted octanol–water partition coefficient (Wildman–Crippen LogP) is 4.16. The quantitative estimate of drug-likeness (QED) is 0.404. The Morgan fingerprint density at radius 3 is 2.79 bits per heavy atom. The van der Waals surface area contributed by atoms with Gasteiger partial charge in [0.2, 0.25) is 11.8 Å². The fourth-order valence-electron chi connectivity index (χ4n) is 4.09. The number of rotatable bonds is 7. The highest BCUT2D eigenvalue weighted by Gasteiger charge is 2.28. The average molecular weight is 476 g/mol. The Labute approximate surface area is 201 Å². The first-order chi connectivity index (χ1) is 16.6. The van der Waals surface area contributed by atoms with Crippen LogP contribution in [0, 0.1) is 0 Å². The number of hydrogen-bond donors (Lipinski definition) is 1. The van der Waals surface area contributed by atoms with Gasteiger partial charge in [0.05, 0.1) is 23.6 Å². The largest absolute Gasteiger partial charge is 0.440 e. The first-order valence-electron chi connectivity index (χ1n) is 11.3. The van der Waals surface area contributed by atoms with Gasteiger partial charge < -0.3 is 14.6 Å². The summed E-state index contributed by atoms with van der Waals surface area (Å²) in [4.78, 5) is 32.7. The zero-order valence-corrected chi connectivity index (χ0v) is 19.4. The number of nitrogens with zero attached hydrogens (tertiary/aromatic N) is 4. The number of piperidine rings is 1. The number of nitrogens with one attached hydrogen (secondary N) is 1. The van der Waals surface area contributed by atoms with Crippen LogP contribution in [0.1, 0.15) is 24.7 Å². The number of thioether (sulfide) groups is 1. The molecule has 0 radical (unpaired) electrons. The molecule has 2 amide bonds. The van der Waals surface area contributed by atoms with Gasteiger partial charge >= 0.3 is 0 Å². The molecule has 8 nitrogen and oxygen atoms in total. The van der Waals surface area contributed by atoms with Gasteiger partial charge in [-0.15, -0.1) is 11.8 Å². The Balaban J connectivity index is 1.14. The maximum absolute atomic E-state index is 12.9. The standard InChI is InChI=1S/C25H25N5O3S/c31-23(17-34-20-8-2-1-3-9-20)27-19-13-26-30(15-19)16-24(32)29-12-6-7-18(14-29)25-28-21-10-4-5-11-22(21)33-25/h1-5,8-11,13,15,18H,6-7,12,14,16-17H2,(H,27,31). The summed E-state index contributed by atoms with van der Waals surface area (Å²) in [6, 6.07) is 17.5. The lowest BCUT2D eigenvalue weighted by atomic mass is 9.98. The fraction of sp³-hybridized carbons (Fsp3) is 0.280. The van der Waals surface area contributed by atoms with Crippen molar-refractivity contribution in [2.75, 3.05) is 24.2 Å². The van der Waals surface area contributed by atoms with Gasteiger partial charge in [-0.3, -0.25) is 14.3 Å². The van der Waals surface area contributed by atoms with Crippen molar-refractivity contribution in [2.24, 2.45) is 0 Å². The molecule has 174 valence electrons. The molecule has 4 aromatic rings. The molecule has 1 aliphatic rings. The molecular weight excluding hydrogens is 450 g/mol. The van der Waals surface area contributed by atoms with Crippen LogP contribution in [0.15, 0.2) is 76.3 Å². The zero-order valence-electron chi connectivity index (χ0n) is 18.6. The van der Waals surface area contributed by atoms with Crippen LogP contribution in [-0.4, -0.2) is 50.3 Å². The van der Waals surface area contributed by atoms with Crippen LogP contribution in [-0.2, 0) is 16.1 Å². The van der Waals surface area contributed by atoms with Crippen molar-refractivity contribution < 1.29 is 14.0 Å². The summed E-state index contributed by atoms with van der Waals surface area (Å²) in [5, 5.41) is 7.08. The smallest absolute Gasteiger partial charge is 0.244 e. The van der Waals surface area contributed by atoms with Crippen molar-refractivity contribution in [3.05, 3.63) is 72.9 Å². The van der Waals surface area contributed by atoms with Crippen molar-refractivity contribution in [3.8, 4) is 0 Å². The number of anilines is 1. The topological polar surface area (TPSA) is 93.3 Å². The maximum atomic E-state index is 12.9. The van der Waals surface area contributed by atoms with E-state index < -0.39 is 0 Å². The van der Waals surface area contributed by atoms with Crippen molar-refractivity contribution >= 4 is 40.4 Å². The molecule has 34 heavy (non-hydrogen) atoms. The second kappa shape index (κ2) is 10.1. The summed E-state index contributed by atoms with van der Waals surface area (Å²) < 4.78 is 7.49. The minimum Gasteiger partial charge on any atom is -0.440 e. The first kappa shape index (κ1) is 22.2. The van der Waals surface area contributed by atoms with E-state index in [9.17, 15) is 9.59 Å². The second-order valence-corrected chi connectivity index (χ2v) is 9.32. The number of fused-ring (bicyclic) bond motifs is 1. The SMILES string of the molecule is O=C(CSc1ccccc1)Nc1cnn(CC(=O)N2CCCC(c3nc4ccccc4o3)C2)c1. The molecule has 0 aliphatic carbocycles. The maximum Gasteiger partial charge on any atom is 0.244 e. The Bertz CT molecular complexity index is 1250. The van der Waals surface area contributed by atoms with Crippen LogP contribution in [0.5, 0.6) is 0 Å². The van der Waals surface area contributed by atoms with E-state index in [-0.39, 0.29) is 24.3 Å². The normalized spacial score (nSPS) is 16.0. The lowest BCUT2D eigenvalue weighted by Gasteiger charge is -2.31. The molecule has 9 heteroatoms. The number of likely N-dealkylation sites (tertiary alicyclic amines) is 1. The molecule has 0 saturated carbocycles. The second-order valence-electron chi connectivity index (χ2n) is 8.28. The van der Waals surface area contributed by atoms with E-state index in [4.69, 9.17) is 4.42 Å². The molecule has 0 bridgehead atoms. The van der Waals surface area contributed by atoms with Crippen LogP contribution in [0.4, 0.5) is 5.69 Å². The number of carbonyl (C=O) groups excluding carboxylic acids is 2. The minimum atomic E-state index is -0.114. The van der Waals surface area contributed by atoms with Gasteiger partial charge in [-0.1, -0.05) is 30.3 Å². The fourth-order valence-corrected chi connectivity index (χ4v) is 4.81. The summed E-state index contributed by atoms with van der Waals surface area (Å²) in [7, 11) is 0. The Morgan fingerprint density at radius 1 is 1.12 bits per heavy atom. The van der Waals surface area contributed by atoms with Crippen molar-refractivity contribution in [3.63, 3.8) is 0 Å². The molecule has 1 atom stereocenters. The minimum absolute atomic E-state index is 0.0126. The van der Waals surface area contributed by atoms with Gasteiger partial charge in [-0.25, -0.2) is 4.98 Å². The van der Waals surface area contributed by atoms with Gasteiger partial charge in [0, 0.05) is 24.2 Å². The van der Waals surface area contributed by atoms with E-state index in [0.29, 0.717) is 30.4 Å². The monoisotopic (exact) mass is 475 g/mol. The summed E-state index contributed by atoms with van der Waals surface area (Å²) in [5.41, 5.74) is 2.19. The Kier molecular flexibility index (Phi) is 6.62. The van der Waals surface area contributed by atoms with Gasteiger partial charge in [-0.05, 0) is 37.1 Å². The van der Waals surface area contributed by atoms with Crippen molar-refractivity contribution in [2.45, 2.75) is 30.2 Å². The first-order valence-corrected chi connectivity index (χ1v) is 12.3. The molecule has 1 aliphatic heterocycles. The van der Waals surface area contributed by atoms with E-state index in [1.165, 1.54) is 11.8 Å². The van der Waals surface area contributed by atoms with E-state index >= 15 is 0 Å². The number of hydrogen-bond acceptors (Lipinski definition) is 6. The third kappa shape index (κ3) is 5.31. The number of carbonyl (C=O) groups is 2. The van der Waals surface area contributed by atoms with Crippen LogP contribution < -0.4 is 5.32 Å². The Morgan fingerprint density at radius 2 is 1.94 bits per heavy atom. The van der Waals surface area contributed by atoms with Gasteiger partial charge in [-0.2, -0.15) is 5.10 Å². The molecule has 1 unspecified atom stereocenters. The number of benzene rings is 2. The van der Waals surface area contributed by atoms with E-state index in [0.717, 1.165) is 28.8 Å². The molecule has 1 saturated heterocycles. The highest BCUT2D eigenvalue weighted by molar-refractivity contribution is 8.00. The molecule has 3 heterocycles. The summed E-state index contributed by atoms with van der Waals surface area (Å²) in [5.74, 6) is 0.952. The third-order valence-corrected chi connectivity index (χ3v) is 6.77. The lowest BCUT2D eigenvalue weighted by molar-refractivity contribution is -0.133. The molecule has 2 aromatic heterocycles. The number of aromatic nitrogens is 3. The predicted molar refractivity (Wildman–Crippen MR) is 131 cm³/mol. The van der Waals surface area contributed by atoms with Gasteiger partial charge in [0.25, 0.3) is 0 Å².